The zero-order valence-corrected chi connectivity index (χ0v) is 10.5. The molecule has 8 heteroatoms. The van der Waals surface area contributed by atoms with Gasteiger partial charge in [0.05, 0.1) is 26.6 Å². The molecule has 3 aromatic rings. The molecule has 8 nitrogen and oxygen atoms in total. The fourth-order valence-electron chi connectivity index (χ4n) is 2.18. The summed E-state index contributed by atoms with van der Waals surface area (Å²) in [4.78, 5) is 24.8. The number of aromatic nitrogens is 1. The lowest BCUT2D eigenvalue weighted by Crippen LogP contribution is -1.95. The van der Waals surface area contributed by atoms with Gasteiger partial charge in [-0.2, -0.15) is 0 Å². The molecule has 1 aromatic heterocycles. The van der Waals surface area contributed by atoms with Gasteiger partial charge in [-0.25, -0.2) is 4.98 Å². The number of hydrogen-bond acceptors (Lipinski definition) is 6. The molecule has 0 amide bonds. The molecule has 2 N–H and O–H groups in total. The second-order valence-electron chi connectivity index (χ2n) is 4.44. The van der Waals surface area contributed by atoms with Crippen LogP contribution in [-0.4, -0.2) is 14.8 Å². The van der Waals surface area contributed by atoms with Crippen LogP contribution >= 0.6 is 0 Å². The van der Waals surface area contributed by atoms with E-state index >= 15 is 0 Å². The van der Waals surface area contributed by atoms with Gasteiger partial charge < -0.3 is 5.73 Å². The minimum Gasteiger partial charge on any atom is -0.398 e. The molecule has 0 unspecified atom stereocenters. The van der Waals surface area contributed by atoms with Gasteiger partial charge in [0.25, 0.3) is 11.4 Å². The van der Waals surface area contributed by atoms with Crippen LogP contribution in [0.15, 0.2) is 36.4 Å². The van der Waals surface area contributed by atoms with E-state index in [2.05, 4.69) is 4.98 Å². The highest BCUT2D eigenvalue weighted by Gasteiger charge is 2.14. The number of pyridine rings is 1. The molecule has 0 atom stereocenters. The predicted octanol–water partition coefficient (Wildman–Crippen LogP) is 2.79. The lowest BCUT2D eigenvalue weighted by atomic mass is 10.1. The lowest BCUT2D eigenvalue weighted by molar-refractivity contribution is -0.384. The van der Waals surface area contributed by atoms with Crippen molar-refractivity contribution in [1.29, 1.82) is 0 Å². The van der Waals surface area contributed by atoms with Gasteiger partial charge in [-0.3, -0.25) is 20.2 Å². The van der Waals surface area contributed by atoms with E-state index in [1.807, 2.05) is 0 Å². The number of nitrogens with two attached hydrogens (primary N) is 1. The van der Waals surface area contributed by atoms with E-state index in [1.165, 1.54) is 36.4 Å². The number of nitro benzene ring substituents is 2. The number of hydrogen-bond donors (Lipinski definition) is 1. The monoisotopic (exact) mass is 284 g/mol. The Morgan fingerprint density at radius 2 is 1.29 bits per heavy atom. The second kappa shape index (κ2) is 4.37. The van der Waals surface area contributed by atoms with E-state index in [1.54, 1.807) is 0 Å². The van der Waals surface area contributed by atoms with Crippen molar-refractivity contribution >= 4 is 38.9 Å². The predicted molar refractivity (Wildman–Crippen MR) is 77.0 cm³/mol. The number of benzene rings is 2. The summed E-state index contributed by atoms with van der Waals surface area (Å²) < 4.78 is 0. The zero-order valence-electron chi connectivity index (χ0n) is 10.5. The summed E-state index contributed by atoms with van der Waals surface area (Å²) in [6, 6.07) is 8.33. The first-order valence-electron chi connectivity index (χ1n) is 5.89. The average molecular weight is 284 g/mol. The molecule has 0 saturated carbocycles. The molecule has 104 valence electrons. The Morgan fingerprint density at radius 3 is 1.67 bits per heavy atom. The Hall–Kier alpha value is -3.29. The molecule has 0 aliphatic carbocycles. The van der Waals surface area contributed by atoms with Gasteiger partial charge in [-0.1, -0.05) is 0 Å². The number of rotatable bonds is 2. The van der Waals surface area contributed by atoms with Gasteiger partial charge in [-0.15, -0.1) is 0 Å². The van der Waals surface area contributed by atoms with E-state index in [-0.39, 0.29) is 11.4 Å². The van der Waals surface area contributed by atoms with Crippen molar-refractivity contribution in [2.75, 3.05) is 5.73 Å². The Kier molecular flexibility index (Phi) is 2.65. The first-order chi connectivity index (χ1) is 9.97. The van der Waals surface area contributed by atoms with Crippen LogP contribution in [0.25, 0.3) is 21.8 Å². The summed E-state index contributed by atoms with van der Waals surface area (Å²) in [5, 5.41) is 22.7. The fraction of sp³-hybridized carbons (Fsp3) is 0. The normalized spacial score (nSPS) is 10.9. The molecule has 0 saturated heterocycles. The molecule has 1 heterocycles. The summed E-state index contributed by atoms with van der Waals surface area (Å²) in [7, 11) is 0. The van der Waals surface area contributed by atoms with E-state index in [9.17, 15) is 20.2 Å². The number of anilines is 1. The van der Waals surface area contributed by atoms with Crippen LogP contribution in [0.4, 0.5) is 17.1 Å². The number of nitrogens with zero attached hydrogens (tertiary/aromatic N) is 3. The summed E-state index contributed by atoms with van der Waals surface area (Å²) in [5.41, 5.74) is 6.85. The van der Waals surface area contributed by atoms with Crippen LogP contribution in [0.1, 0.15) is 0 Å². The third-order valence-electron chi connectivity index (χ3n) is 3.21. The van der Waals surface area contributed by atoms with Crippen LogP contribution in [0.2, 0.25) is 0 Å². The molecule has 0 aliphatic heterocycles. The Labute approximate surface area is 117 Å². The second-order valence-corrected chi connectivity index (χ2v) is 4.44. The van der Waals surface area contributed by atoms with E-state index in [0.29, 0.717) is 27.5 Å². The third kappa shape index (κ3) is 1.98. The highest BCUT2D eigenvalue weighted by atomic mass is 16.6. The smallest absolute Gasteiger partial charge is 0.271 e. The first-order valence-corrected chi connectivity index (χ1v) is 5.89. The van der Waals surface area contributed by atoms with Gasteiger partial charge in [0.1, 0.15) is 0 Å². The molecule has 0 aliphatic rings. The van der Waals surface area contributed by atoms with Crippen LogP contribution in [0.3, 0.4) is 0 Å². The van der Waals surface area contributed by atoms with Crippen molar-refractivity contribution in [3.63, 3.8) is 0 Å². The fourth-order valence-corrected chi connectivity index (χ4v) is 2.18. The van der Waals surface area contributed by atoms with Crippen molar-refractivity contribution < 1.29 is 9.85 Å². The number of non-ortho nitro benzene ring substituents is 2. The minimum atomic E-state index is -0.533. The topological polar surface area (TPSA) is 125 Å². The Morgan fingerprint density at radius 1 is 0.857 bits per heavy atom. The largest absolute Gasteiger partial charge is 0.398 e. The molecule has 0 spiro atoms. The molecule has 0 fully saturated rings. The average Bonchev–Trinajstić information content (AvgIpc) is 2.46. The van der Waals surface area contributed by atoms with E-state index < -0.39 is 9.85 Å². The molecule has 0 radical (unpaired) electrons. The SMILES string of the molecule is Nc1c2ccc([N+](=O)[O-])cc2nc2cc([N+](=O)[O-])ccc12. The molecule has 21 heavy (non-hydrogen) atoms. The van der Waals surface area contributed by atoms with Gasteiger partial charge in [0.2, 0.25) is 0 Å². The molecular weight excluding hydrogens is 276 g/mol. The van der Waals surface area contributed by atoms with E-state index in [0.717, 1.165) is 0 Å². The van der Waals surface area contributed by atoms with Crippen LogP contribution in [0.5, 0.6) is 0 Å². The quantitative estimate of drug-likeness (QED) is 0.438. The summed E-state index contributed by atoms with van der Waals surface area (Å²) in [6.45, 7) is 0. The molecular formula is C13H8N4O4. The van der Waals surface area contributed by atoms with Crippen molar-refractivity contribution in [2.24, 2.45) is 0 Å². The summed E-state index contributed by atoms with van der Waals surface area (Å²) in [5.74, 6) is 0. The highest BCUT2D eigenvalue weighted by Crippen LogP contribution is 2.31. The molecule has 2 aromatic carbocycles. The molecule has 0 bridgehead atoms. The minimum absolute atomic E-state index is 0.112. The number of fused-ring (bicyclic) bond motifs is 2. The zero-order chi connectivity index (χ0) is 15.1. The number of nitrogen functional groups attached to an aromatic ring is 1. The van der Waals surface area contributed by atoms with Crippen LogP contribution in [-0.2, 0) is 0 Å². The maximum Gasteiger partial charge on any atom is 0.271 e. The van der Waals surface area contributed by atoms with Gasteiger partial charge in [0, 0.05) is 35.0 Å². The van der Waals surface area contributed by atoms with E-state index in [4.69, 9.17) is 5.73 Å². The van der Waals surface area contributed by atoms with Gasteiger partial charge >= 0.3 is 0 Å². The van der Waals surface area contributed by atoms with Crippen LogP contribution in [0, 0.1) is 20.2 Å². The molecule has 3 rings (SSSR count). The van der Waals surface area contributed by atoms with Gasteiger partial charge in [-0.05, 0) is 12.1 Å². The van der Waals surface area contributed by atoms with Crippen LogP contribution < -0.4 is 5.73 Å². The summed E-state index contributed by atoms with van der Waals surface area (Å²) >= 11 is 0. The number of nitro groups is 2. The van der Waals surface area contributed by atoms with Crippen molar-refractivity contribution in [3.8, 4) is 0 Å². The van der Waals surface area contributed by atoms with Crippen molar-refractivity contribution in [3.05, 3.63) is 56.6 Å². The first kappa shape index (κ1) is 12.7. The van der Waals surface area contributed by atoms with Crippen molar-refractivity contribution in [2.45, 2.75) is 0 Å². The van der Waals surface area contributed by atoms with Crippen molar-refractivity contribution in [1.82, 2.24) is 4.98 Å². The summed E-state index contributed by atoms with van der Waals surface area (Å²) in [6.07, 6.45) is 0. The maximum atomic E-state index is 10.8. The van der Waals surface area contributed by atoms with Gasteiger partial charge in [0.15, 0.2) is 0 Å². The lowest BCUT2D eigenvalue weighted by Gasteiger charge is -2.06. The standard InChI is InChI=1S/C13H8N4O4/c14-13-9-3-1-7(16(18)19)5-11(9)15-12-6-8(17(20)21)2-4-10(12)13/h1-6H,(H2,14,15). The Bertz CT molecular complexity index is 851. The Balaban J connectivity index is 2.37. The highest BCUT2D eigenvalue weighted by molar-refractivity contribution is 6.07. The third-order valence-corrected chi connectivity index (χ3v) is 3.21. The maximum absolute atomic E-state index is 10.8.